The first-order valence-corrected chi connectivity index (χ1v) is 14.5. The zero-order chi connectivity index (χ0) is 29.4. The number of aliphatic hydroxyl groups is 1. The molecule has 1 unspecified atom stereocenters. The number of anilines is 1. The SMILES string of the molecule is COc1cc2c(Oc3ccc(NC(=O)NCCC(C)(C)C)c(Cl)c3)ccnc2cc1OCC(O)CN1CCCCC1. The van der Waals surface area contributed by atoms with Gasteiger partial charge in [-0.2, -0.15) is 0 Å². The van der Waals surface area contributed by atoms with Gasteiger partial charge in [-0.05, 0) is 62.0 Å². The third-order valence-corrected chi connectivity index (χ3v) is 7.23. The fourth-order valence-corrected chi connectivity index (χ4v) is 4.89. The molecule has 41 heavy (non-hydrogen) atoms. The number of carbonyl (C=O) groups excluding carboxylic acids is 1. The zero-order valence-electron chi connectivity index (χ0n) is 24.3. The molecule has 0 spiro atoms. The maximum atomic E-state index is 12.3. The van der Waals surface area contributed by atoms with Crippen molar-refractivity contribution in [1.82, 2.24) is 15.2 Å². The van der Waals surface area contributed by atoms with Crippen LogP contribution in [0.3, 0.4) is 0 Å². The van der Waals surface area contributed by atoms with Crippen LogP contribution in [0.25, 0.3) is 10.9 Å². The van der Waals surface area contributed by atoms with Crippen molar-refractivity contribution in [2.75, 3.05) is 45.2 Å². The summed E-state index contributed by atoms with van der Waals surface area (Å²) in [7, 11) is 1.57. The fourth-order valence-electron chi connectivity index (χ4n) is 4.67. The molecule has 222 valence electrons. The molecule has 10 heteroatoms. The lowest BCUT2D eigenvalue weighted by atomic mass is 9.92. The summed E-state index contributed by atoms with van der Waals surface area (Å²) < 4.78 is 17.7. The summed E-state index contributed by atoms with van der Waals surface area (Å²) in [6.45, 7) is 9.72. The van der Waals surface area contributed by atoms with Crippen LogP contribution in [0.5, 0.6) is 23.0 Å². The molecular formula is C31H41ClN4O5. The minimum absolute atomic E-state index is 0.134. The Morgan fingerprint density at radius 2 is 1.88 bits per heavy atom. The van der Waals surface area contributed by atoms with E-state index in [0.29, 0.717) is 52.3 Å². The van der Waals surface area contributed by atoms with Gasteiger partial charge in [0.2, 0.25) is 0 Å². The third-order valence-electron chi connectivity index (χ3n) is 6.91. The number of carbonyl (C=O) groups is 1. The van der Waals surface area contributed by atoms with Crippen LogP contribution in [0, 0.1) is 5.41 Å². The van der Waals surface area contributed by atoms with Crippen LogP contribution in [0.4, 0.5) is 10.5 Å². The van der Waals surface area contributed by atoms with Crippen molar-refractivity contribution < 1.29 is 24.1 Å². The highest BCUT2D eigenvalue weighted by molar-refractivity contribution is 6.33. The van der Waals surface area contributed by atoms with Crippen molar-refractivity contribution >= 4 is 34.2 Å². The van der Waals surface area contributed by atoms with Gasteiger partial charge in [-0.3, -0.25) is 4.98 Å². The number of likely N-dealkylation sites (tertiary alicyclic amines) is 1. The molecule has 3 aromatic rings. The van der Waals surface area contributed by atoms with Gasteiger partial charge in [0.1, 0.15) is 24.2 Å². The van der Waals surface area contributed by atoms with Crippen molar-refractivity contribution in [3.8, 4) is 23.0 Å². The molecule has 1 atom stereocenters. The van der Waals surface area contributed by atoms with E-state index in [1.54, 1.807) is 43.6 Å². The molecule has 0 saturated carbocycles. The number of hydrogen-bond acceptors (Lipinski definition) is 7. The normalized spacial score (nSPS) is 14.9. The van der Waals surface area contributed by atoms with Crippen LogP contribution in [0.15, 0.2) is 42.6 Å². The van der Waals surface area contributed by atoms with Gasteiger partial charge in [0, 0.05) is 36.8 Å². The van der Waals surface area contributed by atoms with Crippen molar-refractivity contribution in [3.05, 3.63) is 47.6 Å². The molecule has 2 heterocycles. The minimum Gasteiger partial charge on any atom is -0.493 e. The molecule has 1 aliphatic heterocycles. The monoisotopic (exact) mass is 584 g/mol. The van der Waals surface area contributed by atoms with Crippen molar-refractivity contribution in [1.29, 1.82) is 0 Å². The second-order valence-corrected chi connectivity index (χ2v) is 12.0. The number of aliphatic hydroxyl groups excluding tert-OH is 1. The van der Waals surface area contributed by atoms with Gasteiger partial charge in [-0.15, -0.1) is 0 Å². The van der Waals surface area contributed by atoms with E-state index in [1.165, 1.54) is 19.3 Å². The number of urea groups is 1. The smallest absolute Gasteiger partial charge is 0.319 e. The Bertz CT molecular complexity index is 1320. The average molecular weight is 585 g/mol. The first-order valence-electron chi connectivity index (χ1n) is 14.1. The van der Waals surface area contributed by atoms with E-state index in [4.69, 9.17) is 25.8 Å². The number of rotatable bonds is 11. The molecule has 4 rings (SSSR count). The second kappa shape index (κ2) is 14.1. The molecule has 1 aliphatic rings. The summed E-state index contributed by atoms with van der Waals surface area (Å²) in [6, 6.07) is 10.1. The predicted molar refractivity (Wildman–Crippen MR) is 163 cm³/mol. The predicted octanol–water partition coefficient (Wildman–Crippen LogP) is 6.47. The molecule has 2 aromatic carbocycles. The van der Waals surface area contributed by atoms with Crippen LogP contribution < -0.4 is 24.8 Å². The van der Waals surface area contributed by atoms with Crippen LogP contribution in [0.2, 0.25) is 5.02 Å². The van der Waals surface area contributed by atoms with E-state index >= 15 is 0 Å². The quantitative estimate of drug-likeness (QED) is 0.237. The van der Waals surface area contributed by atoms with E-state index in [9.17, 15) is 9.90 Å². The van der Waals surface area contributed by atoms with E-state index in [1.807, 2.05) is 6.07 Å². The molecule has 3 N–H and O–H groups in total. The molecule has 0 aliphatic carbocycles. The number of piperidine rings is 1. The number of halogens is 1. The fraction of sp³-hybridized carbons (Fsp3) is 0.484. The lowest BCUT2D eigenvalue weighted by molar-refractivity contribution is 0.0609. The van der Waals surface area contributed by atoms with Crippen LogP contribution in [-0.4, -0.2) is 67.0 Å². The highest BCUT2D eigenvalue weighted by atomic mass is 35.5. The van der Waals surface area contributed by atoms with Crippen molar-refractivity contribution in [2.24, 2.45) is 5.41 Å². The topological polar surface area (TPSA) is 105 Å². The van der Waals surface area contributed by atoms with Gasteiger partial charge >= 0.3 is 6.03 Å². The summed E-state index contributed by atoms with van der Waals surface area (Å²) in [6.07, 6.45) is 5.50. The number of amides is 2. The first kappa shape index (κ1) is 30.7. The van der Waals surface area contributed by atoms with Crippen molar-refractivity contribution in [3.63, 3.8) is 0 Å². The molecule has 1 fully saturated rings. The van der Waals surface area contributed by atoms with E-state index in [0.717, 1.165) is 24.9 Å². The van der Waals surface area contributed by atoms with Crippen LogP contribution in [-0.2, 0) is 0 Å². The maximum Gasteiger partial charge on any atom is 0.319 e. The Balaban J connectivity index is 1.41. The lowest BCUT2D eigenvalue weighted by Crippen LogP contribution is -2.38. The number of methoxy groups -OCH3 is 1. The van der Waals surface area contributed by atoms with Gasteiger partial charge < -0.3 is 34.9 Å². The number of β-amino-alcohol motifs (C(OH)–C–C–N with tert-alkyl or cyclic N) is 1. The van der Waals surface area contributed by atoms with Gasteiger partial charge in [-0.1, -0.05) is 38.8 Å². The summed E-state index contributed by atoms with van der Waals surface area (Å²) >= 11 is 6.46. The number of aromatic nitrogens is 1. The Hall–Kier alpha value is -3.27. The van der Waals surface area contributed by atoms with Gasteiger partial charge in [0.05, 0.1) is 23.3 Å². The lowest BCUT2D eigenvalue weighted by Gasteiger charge is -2.28. The average Bonchev–Trinajstić information content (AvgIpc) is 2.93. The largest absolute Gasteiger partial charge is 0.493 e. The summed E-state index contributed by atoms with van der Waals surface area (Å²) in [4.78, 5) is 19.0. The standard InChI is InChI=1S/C31H41ClN4O5/c1-31(2,3)11-13-34-30(38)35-25-9-8-22(16-24(25)32)41-27-10-12-33-26-18-29(28(39-4)17-23(26)27)40-20-21(37)19-36-14-6-5-7-15-36/h8-10,12,16-18,21,37H,5-7,11,13-15,19-20H2,1-4H3,(H2,34,35,38). The zero-order valence-corrected chi connectivity index (χ0v) is 25.1. The molecule has 1 aromatic heterocycles. The number of nitrogens with zero attached hydrogens (tertiary/aromatic N) is 2. The Morgan fingerprint density at radius 3 is 2.59 bits per heavy atom. The third kappa shape index (κ3) is 9.11. The molecule has 0 radical (unpaired) electrons. The summed E-state index contributed by atoms with van der Waals surface area (Å²) in [5.41, 5.74) is 1.27. The summed E-state index contributed by atoms with van der Waals surface area (Å²) in [5.74, 6) is 2.07. The number of benzene rings is 2. The van der Waals surface area contributed by atoms with Crippen molar-refractivity contribution in [2.45, 2.75) is 52.6 Å². The first-order chi connectivity index (χ1) is 19.6. The molecular weight excluding hydrogens is 544 g/mol. The number of fused-ring (bicyclic) bond motifs is 1. The molecule has 9 nitrogen and oxygen atoms in total. The number of nitrogens with one attached hydrogen (secondary N) is 2. The Labute approximate surface area is 247 Å². The minimum atomic E-state index is -0.604. The van der Waals surface area contributed by atoms with Crippen LogP contribution >= 0.6 is 11.6 Å². The van der Waals surface area contributed by atoms with Crippen LogP contribution in [0.1, 0.15) is 46.5 Å². The highest BCUT2D eigenvalue weighted by Gasteiger charge is 2.18. The van der Waals surface area contributed by atoms with E-state index < -0.39 is 6.10 Å². The van der Waals surface area contributed by atoms with E-state index in [-0.39, 0.29) is 18.1 Å². The maximum absolute atomic E-state index is 12.3. The second-order valence-electron chi connectivity index (χ2n) is 11.6. The number of hydrogen-bond donors (Lipinski definition) is 3. The highest BCUT2D eigenvalue weighted by Crippen LogP contribution is 2.38. The molecule has 2 amide bonds. The Morgan fingerprint density at radius 1 is 1.10 bits per heavy atom. The van der Waals surface area contributed by atoms with Gasteiger partial charge in [0.15, 0.2) is 11.5 Å². The summed E-state index contributed by atoms with van der Waals surface area (Å²) in [5, 5.41) is 17.2. The number of ether oxygens (including phenoxy) is 3. The van der Waals surface area contributed by atoms with Gasteiger partial charge in [0.25, 0.3) is 0 Å². The van der Waals surface area contributed by atoms with Gasteiger partial charge in [-0.25, -0.2) is 4.79 Å². The molecule has 1 saturated heterocycles. The number of pyridine rings is 1. The van der Waals surface area contributed by atoms with E-state index in [2.05, 4.69) is 41.3 Å². The molecule has 0 bridgehead atoms. The Kier molecular flexibility index (Phi) is 10.5.